The molecule has 0 atom stereocenters. The standard InChI is InChI=1S/C24H28N4O/c1-3-18-6-8-20(9-7-18)27-24(29)22-16-26-28(21-10-4-17(2)5-11-21)23(22)19-12-14-25-15-13-19/h4-11,16,19,25H,3,12-15H2,1-2H3,(H,27,29). The highest BCUT2D eigenvalue weighted by Gasteiger charge is 2.27. The summed E-state index contributed by atoms with van der Waals surface area (Å²) in [5.74, 6) is 0.212. The number of nitrogens with zero attached hydrogens (tertiary/aromatic N) is 2. The highest BCUT2D eigenvalue weighted by Crippen LogP contribution is 2.30. The summed E-state index contributed by atoms with van der Waals surface area (Å²) in [6, 6.07) is 16.3. The summed E-state index contributed by atoms with van der Waals surface area (Å²) in [4.78, 5) is 13.2. The van der Waals surface area contributed by atoms with E-state index in [1.54, 1.807) is 6.20 Å². The molecule has 2 heterocycles. The molecule has 5 nitrogen and oxygen atoms in total. The lowest BCUT2D eigenvalue weighted by molar-refractivity contribution is 0.102. The highest BCUT2D eigenvalue weighted by molar-refractivity contribution is 6.05. The Bertz CT molecular complexity index is 967. The Labute approximate surface area is 172 Å². The van der Waals surface area contributed by atoms with Gasteiger partial charge >= 0.3 is 0 Å². The predicted molar refractivity (Wildman–Crippen MR) is 117 cm³/mol. The third-order valence-corrected chi connectivity index (χ3v) is 5.68. The van der Waals surface area contributed by atoms with Crippen molar-refractivity contribution >= 4 is 11.6 Å². The molecule has 0 bridgehead atoms. The fourth-order valence-electron chi connectivity index (χ4n) is 3.93. The fraction of sp³-hybridized carbons (Fsp3) is 0.333. The van der Waals surface area contributed by atoms with E-state index in [1.807, 2.05) is 16.8 Å². The number of benzene rings is 2. The Morgan fingerprint density at radius 1 is 1.10 bits per heavy atom. The second-order valence-corrected chi connectivity index (χ2v) is 7.72. The summed E-state index contributed by atoms with van der Waals surface area (Å²) < 4.78 is 1.95. The summed E-state index contributed by atoms with van der Waals surface area (Å²) in [6.07, 6.45) is 4.70. The van der Waals surface area contributed by atoms with Crippen LogP contribution < -0.4 is 10.6 Å². The van der Waals surface area contributed by atoms with Crippen LogP contribution in [0.5, 0.6) is 0 Å². The van der Waals surface area contributed by atoms with Gasteiger partial charge < -0.3 is 10.6 Å². The normalized spacial score (nSPS) is 14.7. The average Bonchev–Trinajstić information content (AvgIpc) is 3.21. The molecular formula is C24H28N4O. The number of anilines is 1. The van der Waals surface area contributed by atoms with Gasteiger partial charge in [-0.15, -0.1) is 0 Å². The number of amides is 1. The average molecular weight is 389 g/mol. The molecule has 0 spiro atoms. The zero-order valence-electron chi connectivity index (χ0n) is 17.1. The van der Waals surface area contributed by atoms with E-state index < -0.39 is 0 Å². The van der Waals surface area contributed by atoms with Gasteiger partial charge in [-0.2, -0.15) is 5.10 Å². The summed E-state index contributed by atoms with van der Waals surface area (Å²) in [5.41, 5.74) is 5.94. The van der Waals surface area contributed by atoms with Crippen molar-refractivity contribution in [1.29, 1.82) is 0 Å². The molecule has 0 saturated carbocycles. The van der Waals surface area contributed by atoms with E-state index in [4.69, 9.17) is 0 Å². The molecule has 1 saturated heterocycles. The van der Waals surface area contributed by atoms with Gasteiger partial charge in [-0.25, -0.2) is 4.68 Å². The number of piperidine rings is 1. The first-order valence-corrected chi connectivity index (χ1v) is 10.4. The molecular weight excluding hydrogens is 360 g/mol. The van der Waals surface area contributed by atoms with E-state index in [0.717, 1.165) is 49.4 Å². The maximum absolute atomic E-state index is 13.2. The van der Waals surface area contributed by atoms with E-state index in [1.165, 1.54) is 11.1 Å². The van der Waals surface area contributed by atoms with Gasteiger partial charge in [0.1, 0.15) is 0 Å². The largest absolute Gasteiger partial charge is 0.322 e. The molecule has 2 N–H and O–H groups in total. The first-order chi connectivity index (χ1) is 14.2. The third-order valence-electron chi connectivity index (χ3n) is 5.68. The Morgan fingerprint density at radius 3 is 2.45 bits per heavy atom. The summed E-state index contributed by atoms with van der Waals surface area (Å²) in [7, 11) is 0. The third kappa shape index (κ3) is 4.25. The fourth-order valence-corrected chi connectivity index (χ4v) is 3.93. The molecule has 29 heavy (non-hydrogen) atoms. The molecule has 150 valence electrons. The Balaban J connectivity index is 1.67. The van der Waals surface area contributed by atoms with Crippen molar-refractivity contribution in [1.82, 2.24) is 15.1 Å². The van der Waals surface area contributed by atoms with Crippen LogP contribution in [-0.4, -0.2) is 28.8 Å². The van der Waals surface area contributed by atoms with Crippen molar-refractivity contribution in [2.45, 2.75) is 39.0 Å². The van der Waals surface area contributed by atoms with E-state index in [9.17, 15) is 4.79 Å². The van der Waals surface area contributed by atoms with Crippen LogP contribution in [0.1, 0.15) is 52.9 Å². The maximum Gasteiger partial charge on any atom is 0.259 e. The lowest BCUT2D eigenvalue weighted by atomic mass is 9.91. The monoisotopic (exact) mass is 388 g/mol. The van der Waals surface area contributed by atoms with Crippen molar-refractivity contribution in [3.63, 3.8) is 0 Å². The van der Waals surface area contributed by atoms with Crippen molar-refractivity contribution in [3.05, 3.63) is 77.1 Å². The van der Waals surface area contributed by atoms with Crippen LogP contribution >= 0.6 is 0 Å². The number of carbonyl (C=O) groups excluding carboxylic acids is 1. The number of hydrogen-bond acceptors (Lipinski definition) is 3. The molecule has 0 aliphatic carbocycles. The van der Waals surface area contributed by atoms with E-state index in [2.05, 4.69) is 66.0 Å². The number of rotatable bonds is 5. The molecule has 4 rings (SSSR count). The molecule has 1 aliphatic rings. The van der Waals surface area contributed by atoms with Gasteiger partial charge in [-0.1, -0.05) is 36.8 Å². The number of aryl methyl sites for hydroxylation is 2. The second-order valence-electron chi connectivity index (χ2n) is 7.72. The van der Waals surface area contributed by atoms with Gasteiger partial charge in [0.15, 0.2) is 0 Å². The lowest BCUT2D eigenvalue weighted by Gasteiger charge is -2.24. The highest BCUT2D eigenvalue weighted by atomic mass is 16.1. The van der Waals surface area contributed by atoms with Crippen LogP contribution in [0.3, 0.4) is 0 Å². The van der Waals surface area contributed by atoms with Crippen LogP contribution in [0.25, 0.3) is 5.69 Å². The van der Waals surface area contributed by atoms with Gasteiger partial charge in [-0.05, 0) is 69.1 Å². The van der Waals surface area contributed by atoms with Crippen molar-refractivity contribution in [2.24, 2.45) is 0 Å². The number of carbonyl (C=O) groups is 1. The molecule has 1 aliphatic heterocycles. The molecule has 3 aromatic rings. The van der Waals surface area contributed by atoms with Gasteiger partial charge in [0.05, 0.1) is 23.1 Å². The maximum atomic E-state index is 13.2. The molecule has 0 unspecified atom stereocenters. The van der Waals surface area contributed by atoms with Gasteiger partial charge in [0, 0.05) is 11.6 Å². The zero-order chi connectivity index (χ0) is 20.2. The van der Waals surface area contributed by atoms with E-state index in [-0.39, 0.29) is 5.91 Å². The number of nitrogens with one attached hydrogen (secondary N) is 2. The summed E-state index contributed by atoms with van der Waals surface area (Å²) in [5, 5.41) is 11.1. The van der Waals surface area contributed by atoms with Gasteiger partial charge in [0.25, 0.3) is 5.91 Å². The topological polar surface area (TPSA) is 59.0 Å². The molecule has 1 aromatic heterocycles. The van der Waals surface area contributed by atoms with Crippen LogP contribution in [0.4, 0.5) is 5.69 Å². The van der Waals surface area contributed by atoms with E-state index >= 15 is 0 Å². The first kappa shape index (κ1) is 19.4. The minimum atomic E-state index is -0.0962. The second kappa shape index (κ2) is 8.62. The quantitative estimate of drug-likeness (QED) is 0.678. The van der Waals surface area contributed by atoms with E-state index in [0.29, 0.717) is 11.5 Å². The molecule has 2 aromatic carbocycles. The van der Waals surface area contributed by atoms with Crippen LogP contribution in [0.2, 0.25) is 0 Å². The SMILES string of the molecule is CCc1ccc(NC(=O)c2cnn(-c3ccc(C)cc3)c2C2CCNCC2)cc1. The molecule has 5 heteroatoms. The lowest BCUT2D eigenvalue weighted by Crippen LogP contribution is -2.29. The number of hydrogen-bond donors (Lipinski definition) is 2. The molecule has 1 fully saturated rings. The minimum Gasteiger partial charge on any atom is -0.322 e. The number of aromatic nitrogens is 2. The Kier molecular flexibility index (Phi) is 5.76. The first-order valence-electron chi connectivity index (χ1n) is 10.4. The van der Waals surface area contributed by atoms with Crippen LogP contribution in [0.15, 0.2) is 54.7 Å². The Hall–Kier alpha value is -2.92. The van der Waals surface area contributed by atoms with Gasteiger partial charge in [0.2, 0.25) is 0 Å². The Morgan fingerprint density at radius 2 is 1.79 bits per heavy atom. The zero-order valence-corrected chi connectivity index (χ0v) is 17.1. The van der Waals surface area contributed by atoms with Crippen molar-refractivity contribution in [3.8, 4) is 5.69 Å². The van der Waals surface area contributed by atoms with Crippen LogP contribution in [-0.2, 0) is 6.42 Å². The van der Waals surface area contributed by atoms with Crippen molar-refractivity contribution < 1.29 is 4.79 Å². The predicted octanol–water partition coefficient (Wildman–Crippen LogP) is 4.46. The minimum absolute atomic E-state index is 0.0962. The van der Waals surface area contributed by atoms with Crippen molar-refractivity contribution in [2.75, 3.05) is 18.4 Å². The molecule has 0 radical (unpaired) electrons. The molecule has 1 amide bonds. The van der Waals surface area contributed by atoms with Gasteiger partial charge in [-0.3, -0.25) is 4.79 Å². The summed E-state index contributed by atoms with van der Waals surface area (Å²) >= 11 is 0. The van der Waals surface area contributed by atoms with Crippen LogP contribution in [0, 0.1) is 6.92 Å². The smallest absolute Gasteiger partial charge is 0.259 e. The summed E-state index contributed by atoms with van der Waals surface area (Å²) in [6.45, 7) is 6.12.